The molecular formula is C14H23N3O. The monoisotopic (exact) mass is 249 g/mol. The first-order valence-corrected chi connectivity index (χ1v) is 5.97. The van der Waals surface area contributed by atoms with Gasteiger partial charge in [-0.1, -0.05) is 12.7 Å². The van der Waals surface area contributed by atoms with Crippen LogP contribution >= 0.6 is 0 Å². The van der Waals surface area contributed by atoms with Gasteiger partial charge in [-0.25, -0.2) is 4.98 Å². The molecule has 0 bridgehead atoms. The van der Waals surface area contributed by atoms with E-state index in [1.807, 2.05) is 37.9 Å². The summed E-state index contributed by atoms with van der Waals surface area (Å²) in [6.45, 7) is 14.1. The van der Waals surface area contributed by atoms with Crippen molar-refractivity contribution in [2.75, 3.05) is 6.54 Å². The predicted molar refractivity (Wildman–Crippen MR) is 75.8 cm³/mol. The van der Waals surface area contributed by atoms with Crippen LogP contribution in [-0.2, 0) is 4.79 Å². The molecule has 0 aromatic carbocycles. The first-order chi connectivity index (χ1) is 8.46. The molecule has 0 N–H and O–H groups in total. The zero-order valence-electron chi connectivity index (χ0n) is 12.0. The van der Waals surface area contributed by atoms with Gasteiger partial charge in [0.1, 0.15) is 0 Å². The van der Waals surface area contributed by atoms with E-state index in [4.69, 9.17) is 0 Å². The number of nitrogens with zero attached hydrogens (tertiary/aromatic N) is 3. The minimum atomic E-state index is 0.707. The van der Waals surface area contributed by atoms with E-state index in [0.717, 1.165) is 17.8 Å². The van der Waals surface area contributed by atoms with E-state index >= 15 is 0 Å². The highest BCUT2D eigenvalue weighted by Gasteiger charge is 1.94. The molecule has 100 valence electrons. The molecule has 1 aromatic heterocycles. The Bertz CT molecular complexity index is 418. The number of amides is 1. The molecule has 18 heavy (non-hydrogen) atoms. The van der Waals surface area contributed by atoms with Crippen molar-refractivity contribution < 1.29 is 4.79 Å². The topological polar surface area (TPSA) is 38.1 Å². The fourth-order valence-corrected chi connectivity index (χ4v) is 1.20. The number of carbonyl (C=O) groups excluding carboxylic acids is 1. The average Bonchev–Trinajstić information content (AvgIpc) is 2.77. The fourth-order valence-electron chi connectivity index (χ4n) is 1.20. The quantitative estimate of drug-likeness (QED) is 0.769. The lowest BCUT2D eigenvalue weighted by Gasteiger charge is -2.12. The van der Waals surface area contributed by atoms with Gasteiger partial charge in [0.15, 0.2) is 0 Å². The summed E-state index contributed by atoms with van der Waals surface area (Å²) in [5.41, 5.74) is 3.06. The van der Waals surface area contributed by atoms with Crippen LogP contribution in [0, 0.1) is 6.92 Å². The Morgan fingerprint density at radius 2 is 2.17 bits per heavy atom. The van der Waals surface area contributed by atoms with E-state index in [9.17, 15) is 4.79 Å². The molecule has 0 unspecified atom stereocenters. The lowest BCUT2D eigenvalue weighted by molar-refractivity contribution is -0.116. The highest BCUT2D eigenvalue weighted by molar-refractivity contribution is 5.50. The number of hydrogen-bond acceptors (Lipinski definition) is 2. The third-order valence-electron chi connectivity index (χ3n) is 2.49. The van der Waals surface area contributed by atoms with Crippen molar-refractivity contribution in [1.82, 2.24) is 14.5 Å². The Kier molecular flexibility index (Phi) is 7.43. The molecule has 0 fully saturated rings. The van der Waals surface area contributed by atoms with Gasteiger partial charge >= 0.3 is 0 Å². The van der Waals surface area contributed by atoms with Crippen LogP contribution in [0.15, 0.2) is 30.9 Å². The Morgan fingerprint density at radius 3 is 2.39 bits per heavy atom. The zero-order valence-corrected chi connectivity index (χ0v) is 12.0. The molecule has 0 radical (unpaired) electrons. The standard InChI is InChI=1S/C8H12N2.C6H11NO/c1-4-8(3)10-5-7(2)9-6-10;1-4-7(5-8)6(2)3/h4-6H,1-3H3;5H,2,4H2,1,3H3/b8-4+;. The van der Waals surface area contributed by atoms with Crippen LogP contribution in [0.25, 0.3) is 5.70 Å². The predicted octanol–water partition coefficient (Wildman–Crippen LogP) is 3.07. The normalized spacial score (nSPS) is 10.4. The van der Waals surface area contributed by atoms with E-state index in [1.165, 1.54) is 5.70 Å². The largest absolute Gasteiger partial charge is 0.320 e. The van der Waals surface area contributed by atoms with Crippen LogP contribution in [0.3, 0.4) is 0 Å². The second-order valence-corrected chi connectivity index (χ2v) is 3.98. The molecule has 4 heteroatoms. The van der Waals surface area contributed by atoms with Crippen LogP contribution in [0.4, 0.5) is 0 Å². The van der Waals surface area contributed by atoms with Gasteiger partial charge in [0, 0.05) is 24.1 Å². The van der Waals surface area contributed by atoms with Crippen molar-refractivity contribution in [1.29, 1.82) is 0 Å². The molecule has 0 saturated heterocycles. The Labute approximate surface area is 110 Å². The molecule has 0 spiro atoms. The SMILES string of the molecule is C/C=C(\C)n1cnc(C)c1.C=C(C)N(C=O)CC. The van der Waals surface area contributed by atoms with Crippen molar-refractivity contribution in [2.45, 2.75) is 34.6 Å². The molecule has 1 aromatic rings. The second kappa shape index (κ2) is 8.28. The molecule has 1 amide bonds. The van der Waals surface area contributed by atoms with E-state index in [0.29, 0.717) is 6.54 Å². The van der Waals surface area contributed by atoms with Crippen molar-refractivity contribution in [3.05, 3.63) is 36.6 Å². The van der Waals surface area contributed by atoms with E-state index in [2.05, 4.69) is 24.6 Å². The fraction of sp³-hybridized carbons (Fsp3) is 0.429. The number of aryl methyl sites for hydroxylation is 1. The molecule has 1 rings (SSSR count). The van der Waals surface area contributed by atoms with Gasteiger partial charge in [0.25, 0.3) is 0 Å². The first-order valence-electron chi connectivity index (χ1n) is 5.97. The van der Waals surface area contributed by atoms with Crippen molar-refractivity contribution in [2.24, 2.45) is 0 Å². The van der Waals surface area contributed by atoms with Crippen molar-refractivity contribution >= 4 is 12.1 Å². The maximum absolute atomic E-state index is 10.0. The van der Waals surface area contributed by atoms with Gasteiger partial charge < -0.3 is 9.47 Å². The van der Waals surface area contributed by atoms with Gasteiger partial charge in [-0.3, -0.25) is 4.79 Å². The van der Waals surface area contributed by atoms with E-state index < -0.39 is 0 Å². The lowest BCUT2D eigenvalue weighted by Crippen LogP contribution is -2.17. The highest BCUT2D eigenvalue weighted by atomic mass is 16.1. The van der Waals surface area contributed by atoms with E-state index in [-0.39, 0.29) is 0 Å². The summed E-state index contributed by atoms with van der Waals surface area (Å²) in [4.78, 5) is 15.7. The van der Waals surface area contributed by atoms with Gasteiger partial charge in [-0.05, 0) is 34.6 Å². The second-order valence-electron chi connectivity index (χ2n) is 3.98. The number of imidazole rings is 1. The van der Waals surface area contributed by atoms with Crippen LogP contribution in [0.5, 0.6) is 0 Å². The summed E-state index contributed by atoms with van der Waals surface area (Å²) in [7, 11) is 0. The first kappa shape index (κ1) is 16.2. The summed E-state index contributed by atoms with van der Waals surface area (Å²) in [5.74, 6) is 0. The van der Waals surface area contributed by atoms with Gasteiger partial charge in [-0.15, -0.1) is 0 Å². The molecule has 0 atom stereocenters. The number of aromatic nitrogens is 2. The summed E-state index contributed by atoms with van der Waals surface area (Å²) >= 11 is 0. The number of allylic oxidation sites excluding steroid dienone is 3. The van der Waals surface area contributed by atoms with Gasteiger partial charge in [0.05, 0.1) is 12.0 Å². The average molecular weight is 249 g/mol. The van der Waals surface area contributed by atoms with Crippen molar-refractivity contribution in [3.8, 4) is 0 Å². The maximum Gasteiger partial charge on any atom is 0.213 e. The molecule has 0 aliphatic rings. The van der Waals surface area contributed by atoms with Crippen LogP contribution in [-0.4, -0.2) is 27.4 Å². The molecule has 4 nitrogen and oxygen atoms in total. The highest BCUT2D eigenvalue weighted by Crippen LogP contribution is 2.03. The Balaban J connectivity index is 0.000000331. The molecule has 1 heterocycles. The third kappa shape index (κ3) is 5.48. The Hall–Kier alpha value is -1.84. The maximum atomic E-state index is 10.0. The number of hydrogen-bond donors (Lipinski definition) is 0. The van der Waals surface area contributed by atoms with Crippen molar-refractivity contribution in [3.63, 3.8) is 0 Å². The zero-order chi connectivity index (χ0) is 14.1. The third-order valence-corrected chi connectivity index (χ3v) is 2.49. The minimum Gasteiger partial charge on any atom is -0.320 e. The molecule has 0 aliphatic carbocycles. The Morgan fingerprint density at radius 1 is 1.56 bits per heavy atom. The van der Waals surface area contributed by atoms with Gasteiger partial charge in [0.2, 0.25) is 6.41 Å². The number of rotatable bonds is 4. The lowest BCUT2D eigenvalue weighted by atomic mass is 10.4. The molecular weight excluding hydrogens is 226 g/mol. The van der Waals surface area contributed by atoms with Crippen LogP contribution in [0.1, 0.15) is 33.4 Å². The smallest absolute Gasteiger partial charge is 0.213 e. The molecule has 0 aliphatic heterocycles. The van der Waals surface area contributed by atoms with Crippen LogP contribution < -0.4 is 0 Å². The van der Waals surface area contributed by atoms with Gasteiger partial charge in [-0.2, -0.15) is 0 Å². The van der Waals surface area contributed by atoms with E-state index in [1.54, 1.807) is 11.8 Å². The summed E-state index contributed by atoms with van der Waals surface area (Å²) in [6, 6.07) is 0. The summed E-state index contributed by atoms with van der Waals surface area (Å²) < 4.78 is 2.01. The van der Waals surface area contributed by atoms with Crippen LogP contribution in [0.2, 0.25) is 0 Å². The number of carbonyl (C=O) groups is 1. The summed E-state index contributed by atoms with van der Waals surface area (Å²) in [6.07, 6.45) is 6.67. The minimum absolute atomic E-state index is 0.707. The molecule has 0 saturated carbocycles. The summed E-state index contributed by atoms with van der Waals surface area (Å²) in [5, 5.41) is 0.